The third kappa shape index (κ3) is 3.59. The third-order valence-corrected chi connectivity index (χ3v) is 3.61. The van der Waals surface area contributed by atoms with Gasteiger partial charge in [-0.1, -0.05) is 13.8 Å². The van der Waals surface area contributed by atoms with Crippen molar-refractivity contribution in [3.8, 4) is 0 Å². The van der Waals surface area contributed by atoms with Gasteiger partial charge in [-0.05, 0) is 50.9 Å². The van der Waals surface area contributed by atoms with Crippen molar-refractivity contribution >= 4 is 0 Å². The van der Waals surface area contributed by atoms with Crippen molar-refractivity contribution in [3.63, 3.8) is 0 Å². The van der Waals surface area contributed by atoms with Crippen LogP contribution in [0.15, 0.2) is 10.5 Å². The van der Waals surface area contributed by atoms with E-state index in [4.69, 9.17) is 4.42 Å². The second-order valence-corrected chi connectivity index (χ2v) is 5.29. The van der Waals surface area contributed by atoms with Crippen LogP contribution < -0.4 is 5.32 Å². The summed E-state index contributed by atoms with van der Waals surface area (Å²) in [4.78, 5) is 2.52. The van der Waals surface area contributed by atoms with Crippen LogP contribution in [-0.4, -0.2) is 24.0 Å². The molecule has 18 heavy (non-hydrogen) atoms. The van der Waals surface area contributed by atoms with E-state index < -0.39 is 0 Å². The molecule has 0 aromatic carbocycles. The zero-order valence-electron chi connectivity index (χ0n) is 12.0. The SMILES string of the molecule is CCCNCc1oc(CN(CC)C2CC2)cc1C. The van der Waals surface area contributed by atoms with Crippen LogP contribution in [0, 0.1) is 6.92 Å². The predicted molar refractivity (Wildman–Crippen MR) is 74.5 cm³/mol. The lowest BCUT2D eigenvalue weighted by molar-refractivity contribution is 0.243. The van der Waals surface area contributed by atoms with Crippen LogP contribution in [0.5, 0.6) is 0 Å². The lowest BCUT2D eigenvalue weighted by Crippen LogP contribution is -2.24. The molecule has 1 aliphatic carbocycles. The van der Waals surface area contributed by atoms with Gasteiger partial charge in [-0.15, -0.1) is 0 Å². The summed E-state index contributed by atoms with van der Waals surface area (Å²) in [6.07, 6.45) is 3.88. The first-order valence-corrected chi connectivity index (χ1v) is 7.27. The zero-order chi connectivity index (χ0) is 13.0. The molecule has 1 fully saturated rings. The minimum Gasteiger partial charge on any atom is -0.463 e. The Bertz CT molecular complexity index is 369. The van der Waals surface area contributed by atoms with Crippen LogP contribution in [-0.2, 0) is 13.1 Å². The van der Waals surface area contributed by atoms with E-state index >= 15 is 0 Å². The Morgan fingerprint density at radius 1 is 1.39 bits per heavy atom. The van der Waals surface area contributed by atoms with Crippen LogP contribution >= 0.6 is 0 Å². The normalized spacial score (nSPS) is 15.6. The average Bonchev–Trinajstić information content (AvgIpc) is 3.13. The van der Waals surface area contributed by atoms with Crippen molar-refractivity contribution in [2.75, 3.05) is 13.1 Å². The van der Waals surface area contributed by atoms with Gasteiger partial charge in [0, 0.05) is 6.04 Å². The Balaban J connectivity index is 1.90. The highest BCUT2D eigenvalue weighted by molar-refractivity contribution is 5.20. The van der Waals surface area contributed by atoms with E-state index in [0.717, 1.165) is 50.2 Å². The number of rotatable bonds is 8. The highest BCUT2D eigenvalue weighted by Crippen LogP contribution is 2.28. The fourth-order valence-electron chi connectivity index (χ4n) is 2.36. The van der Waals surface area contributed by atoms with Gasteiger partial charge in [0.05, 0.1) is 13.1 Å². The summed E-state index contributed by atoms with van der Waals surface area (Å²) in [5, 5.41) is 3.40. The fourth-order valence-corrected chi connectivity index (χ4v) is 2.36. The summed E-state index contributed by atoms with van der Waals surface area (Å²) in [5.74, 6) is 2.22. The van der Waals surface area contributed by atoms with Crippen LogP contribution in [0.2, 0.25) is 0 Å². The highest BCUT2D eigenvalue weighted by Gasteiger charge is 2.28. The Kier molecular flexibility index (Phi) is 4.84. The first-order valence-electron chi connectivity index (χ1n) is 7.27. The van der Waals surface area contributed by atoms with Gasteiger partial charge >= 0.3 is 0 Å². The van der Waals surface area contributed by atoms with E-state index in [-0.39, 0.29) is 0 Å². The second-order valence-electron chi connectivity index (χ2n) is 5.29. The molecule has 0 radical (unpaired) electrons. The molecule has 0 unspecified atom stereocenters. The number of nitrogens with one attached hydrogen (secondary N) is 1. The summed E-state index contributed by atoms with van der Waals surface area (Å²) in [6, 6.07) is 3.01. The molecule has 0 atom stereocenters. The van der Waals surface area contributed by atoms with Crippen molar-refractivity contribution in [1.82, 2.24) is 10.2 Å². The molecule has 3 heteroatoms. The second kappa shape index (κ2) is 6.39. The molecule has 0 aliphatic heterocycles. The number of aryl methyl sites for hydroxylation is 1. The van der Waals surface area contributed by atoms with Crippen LogP contribution in [0.3, 0.4) is 0 Å². The Morgan fingerprint density at radius 2 is 2.17 bits per heavy atom. The first kappa shape index (κ1) is 13.6. The molecule has 1 aromatic rings. The van der Waals surface area contributed by atoms with Crippen LogP contribution in [0.4, 0.5) is 0 Å². The summed E-state index contributed by atoms with van der Waals surface area (Å²) < 4.78 is 5.97. The monoisotopic (exact) mass is 250 g/mol. The van der Waals surface area contributed by atoms with Gasteiger partial charge in [0.25, 0.3) is 0 Å². The topological polar surface area (TPSA) is 28.4 Å². The molecule has 1 saturated carbocycles. The molecule has 1 aliphatic rings. The van der Waals surface area contributed by atoms with Crippen molar-refractivity contribution in [3.05, 3.63) is 23.2 Å². The molecule has 0 bridgehead atoms. The van der Waals surface area contributed by atoms with Gasteiger partial charge in [0.15, 0.2) is 0 Å². The summed E-state index contributed by atoms with van der Waals surface area (Å²) in [5.41, 5.74) is 1.28. The lowest BCUT2D eigenvalue weighted by atomic mass is 10.2. The standard InChI is InChI=1S/C15H26N2O/c1-4-8-16-10-15-12(3)9-14(18-15)11-17(5-2)13-6-7-13/h9,13,16H,4-8,10-11H2,1-3H3. The molecule has 1 aromatic heterocycles. The molecule has 0 spiro atoms. The van der Waals surface area contributed by atoms with Gasteiger partial charge < -0.3 is 9.73 Å². The number of hydrogen-bond donors (Lipinski definition) is 1. The van der Waals surface area contributed by atoms with E-state index in [2.05, 4.69) is 37.1 Å². The van der Waals surface area contributed by atoms with Crippen molar-refractivity contribution in [1.29, 1.82) is 0 Å². The summed E-state index contributed by atoms with van der Waals surface area (Å²) in [6.45, 7) is 10.6. The molecule has 0 saturated heterocycles. The summed E-state index contributed by atoms with van der Waals surface area (Å²) in [7, 11) is 0. The van der Waals surface area contributed by atoms with Crippen molar-refractivity contribution < 1.29 is 4.42 Å². The number of hydrogen-bond acceptors (Lipinski definition) is 3. The van der Waals surface area contributed by atoms with E-state index in [1.807, 2.05) is 0 Å². The van der Waals surface area contributed by atoms with Crippen molar-refractivity contribution in [2.45, 2.75) is 59.2 Å². The van der Waals surface area contributed by atoms with E-state index in [1.54, 1.807) is 0 Å². The summed E-state index contributed by atoms with van der Waals surface area (Å²) >= 11 is 0. The maximum Gasteiger partial charge on any atom is 0.120 e. The van der Waals surface area contributed by atoms with Gasteiger partial charge in [0.2, 0.25) is 0 Å². The predicted octanol–water partition coefficient (Wildman–Crippen LogP) is 3.07. The molecular formula is C15H26N2O. The quantitative estimate of drug-likeness (QED) is 0.719. The van der Waals surface area contributed by atoms with E-state index in [1.165, 1.54) is 18.4 Å². The smallest absolute Gasteiger partial charge is 0.120 e. The maximum absolute atomic E-state index is 5.97. The largest absolute Gasteiger partial charge is 0.463 e. The zero-order valence-corrected chi connectivity index (χ0v) is 12.0. The molecular weight excluding hydrogens is 224 g/mol. The Labute approximate surface area is 111 Å². The van der Waals surface area contributed by atoms with Crippen LogP contribution in [0.1, 0.15) is 50.2 Å². The fraction of sp³-hybridized carbons (Fsp3) is 0.733. The lowest BCUT2D eigenvalue weighted by Gasteiger charge is -2.17. The maximum atomic E-state index is 5.97. The van der Waals surface area contributed by atoms with Gasteiger partial charge in [-0.25, -0.2) is 0 Å². The van der Waals surface area contributed by atoms with Gasteiger partial charge in [-0.3, -0.25) is 4.90 Å². The molecule has 3 nitrogen and oxygen atoms in total. The highest BCUT2D eigenvalue weighted by atomic mass is 16.3. The average molecular weight is 250 g/mol. The Hall–Kier alpha value is -0.800. The van der Waals surface area contributed by atoms with E-state index in [0.29, 0.717) is 0 Å². The minimum absolute atomic E-state index is 0.807. The molecule has 1 heterocycles. The Morgan fingerprint density at radius 3 is 2.78 bits per heavy atom. The third-order valence-electron chi connectivity index (χ3n) is 3.61. The van der Waals surface area contributed by atoms with Crippen LogP contribution in [0.25, 0.3) is 0 Å². The molecule has 2 rings (SSSR count). The molecule has 102 valence electrons. The molecule has 0 amide bonds. The number of nitrogens with zero attached hydrogens (tertiary/aromatic N) is 1. The first-order chi connectivity index (χ1) is 8.74. The van der Waals surface area contributed by atoms with Gasteiger partial charge in [0.1, 0.15) is 11.5 Å². The number of furan rings is 1. The van der Waals surface area contributed by atoms with Gasteiger partial charge in [-0.2, -0.15) is 0 Å². The molecule has 1 N–H and O–H groups in total. The minimum atomic E-state index is 0.807. The van der Waals surface area contributed by atoms with Crippen molar-refractivity contribution in [2.24, 2.45) is 0 Å². The van der Waals surface area contributed by atoms with E-state index in [9.17, 15) is 0 Å².